The van der Waals surface area contributed by atoms with Crippen LogP contribution in [0.3, 0.4) is 0 Å². The van der Waals surface area contributed by atoms with Gasteiger partial charge in [-0.25, -0.2) is 0 Å². The van der Waals surface area contributed by atoms with Crippen molar-refractivity contribution in [1.29, 1.82) is 0 Å². The van der Waals surface area contributed by atoms with E-state index in [-0.39, 0.29) is 6.61 Å². The lowest BCUT2D eigenvalue weighted by Gasteiger charge is -2.20. The summed E-state index contributed by atoms with van der Waals surface area (Å²) in [6, 6.07) is 20.2. The van der Waals surface area contributed by atoms with Gasteiger partial charge in [-0.05, 0) is 73.5 Å². The molecule has 0 heterocycles. The highest BCUT2D eigenvalue weighted by molar-refractivity contribution is 5.59. The summed E-state index contributed by atoms with van der Waals surface area (Å²) in [6.07, 6.45) is 3.74. The molecule has 0 aliphatic heterocycles. The monoisotopic (exact) mass is 808 g/mol. The second-order valence-corrected chi connectivity index (χ2v) is 14.3. The molecule has 0 fully saturated rings. The molecule has 0 amide bonds. The van der Waals surface area contributed by atoms with E-state index in [1.807, 2.05) is 60.7 Å². The molecule has 5 aromatic carbocycles. The van der Waals surface area contributed by atoms with Crippen molar-refractivity contribution in [1.82, 2.24) is 0 Å². The number of aliphatic hydroxyl groups is 1. The molecule has 10 bridgehead atoms. The molecule has 0 spiro atoms. The molecule has 0 aromatic heterocycles. The third-order valence-electron chi connectivity index (χ3n) is 10.9. The van der Waals surface area contributed by atoms with Crippen LogP contribution in [0.15, 0.2) is 60.7 Å². The van der Waals surface area contributed by atoms with Gasteiger partial charge in [-0.1, -0.05) is 0 Å². The fraction of sp³-hybridized carbons (Fsp3) is 0.375. The van der Waals surface area contributed by atoms with E-state index in [9.17, 15) is 5.11 Å². The van der Waals surface area contributed by atoms with Gasteiger partial charge < -0.3 is 52.5 Å². The van der Waals surface area contributed by atoms with Gasteiger partial charge in [0.15, 0.2) is 0 Å². The number of aliphatic hydroxyl groups excluding tert-OH is 1. The van der Waals surface area contributed by atoms with Gasteiger partial charge in [0.1, 0.15) is 57.5 Å². The maximum atomic E-state index is 9.48. The molecule has 1 N–H and O–H groups in total. The van der Waals surface area contributed by atoms with Gasteiger partial charge in [-0.3, -0.25) is 0 Å². The first kappa shape index (κ1) is 42.7. The zero-order valence-electron chi connectivity index (χ0n) is 35.7. The van der Waals surface area contributed by atoms with Crippen LogP contribution in [0.25, 0.3) is 0 Å². The Morgan fingerprint density at radius 2 is 0.492 bits per heavy atom. The first-order chi connectivity index (χ1) is 28.7. The lowest BCUT2D eigenvalue weighted by atomic mass is 9.94. The minimum atomic E-state index is 0.0967. The van der Waals surface area contributed by atoms with Gasteiger partial charge in [-0.15, -0.1) is 0 Å². The Balaban J connectivity index is 1.60. The lowest BCUT2D eigenvalue weighted by Crippen LogP contribution is -2.06. The van der Waals surface area contributed by atoms with Crippen molar-refractivity contribution in [3.8, 4) is 57.5 Å². The highest BCUT2D eigenvalue weighted by Crippen LogP contribution is 2.42. The zero-order valence-corrected chi connectivity index (χ0v) is 35.7. The molecule has 0 saturated carbocycles. The van der Waals surface area contributed by atoms with Crippen LogP contribution in [0, 0.1) is 0 Å². The Morgan fingerprint density at radius 1 is 0.305 bits per heavy atom. The average Bonchev–Trinajstić information content (AvgIpc) is 3.26. The topological polar surface area (TPSA) is 113 Å². The molecule has 59 heavy (non-hydrogen) atoms. The van der Waals surface area contributed by atoms with Crippen molar-refractivity contribution in [3.63, 3.8) is 0 Å². The fourth-order valence-electron chi connectivity index (χ4n) is 7.87. The molecule has 11 heteroatoms. The molecule has 10 aliphatic rings. The van der Waals surface area contributed by atoms with Crippen LogP contribution in [-0.2, 0) is 32.1 Å². The molecular weight excluding hydrogens is 753 g/mol. The largest absolute Gasteiger partial charge is 0.496 e. The zero-order chi connectivity index (χ0) is 42.1. The quantitative estimate of drug-likeness (QED) is 0.108. The average molecular weight is 809 g/mol. The molecule has 0 atom stereocenters. The van der Waals surface area contributed by atoms with Crippen molar-refractivity contribution < 1.29 is 52.5 Å². The van der Waals surface area contributed by atoms with Gasteiger partial charge >= 0.3 is 0 Å². The molecule has 0 saturated heterocycles. The number of rotatable bonds is 14. The number of hydrogen-bond acceptors (Lipinski definition) is 11. The minimum absolute atomic E-state index is 0.0967. The summed E-state index contributed by atoms with van der Waals surface area (Å²) in [5, 5.41) is 9.48. The Bertz CT molecular complexity index is 2240. The highest BCUT2D eigenvalue weighted by Gasteiger charge is 2.23. The smallest absolute Gasteiger partial charge is 0.123 e. The Morgan fingerprint density at radius 3 is 0.678 bits per heavy atom. The van der Waals surface area contributed by atoms with E-state index in [0.717, 1.165) is 55.6 Å². The molecule has 10 aliphatic carbocycles. The molecule has 0 radical (unpaired) electrons. The molecule has 5 aromatic rings. The predicted octanol–water partition coefficient (Wildman–Crippen LogP) is 8.18. The molecular formula is C48H56O11. The van der Waals surface area contributed by atoms with Crippen molar-refractivity contribution in [2.45, 2.75) is 44.9 Å². The normalized spacial score (nSPS) is 12.2. The molecule has 0 unspecified atom stereocenters. The predicted molar refractivity (Wildman–Crippen MR) is 227 cm³/mol. The first-order valence-electron chi connectivity index (χ1n) is 19.6. The summed E-state index contributed by atoms with van der Waals surface area (Å²) in [4.78, 5) is 0. The Hall–Kier alpha value is -5.94. The van der Waals surface area contributed by atoms with Crippen LogP contribution >= 0.6 is 0 Å². The maximum absolute atomic E-state index is 9.48. The summed E-state index contributed by atoms with van der Waals surface area (Å²) < 4.78 is 60.6. The molecule has 11 nitrogen and oxygen atoms in total. The second-order valence-electron chi connectivity index (χ2n) is 14.3. The minimum Gasteiger partial charge on any atom is -0.496 e. The van der Waals surface area contributed by atoms with E-state index in [2.05, 4.69) is 0 Å². The summed E-state index contributed by atoms with van der Waals surface area (Å²) in [5.41, 5.74) is 9.14. The van der Waals surface area contributed by atoms with Gasteiger partial charge in [-0.2, -0.15) is 0 Å². The van der Waals surface area contributed by atoms with Crippen LogP contribution in [0.5, 0.6) is 57.5 Å². The highest BCUT2D eigenvalue weighted by atomic mass is 16.5. The van der Waals surface area contributed by atoms with E-state index in [0.29, 0.717) is 109 Å². The van der Waals surface area contributed by atoms with E-state index >= 15 is 0 Å². The number of benzene rings is 5. The van der Waals surface area contributed by atoms with Crippen molar-refractivity contribution in [3.05, 3.63) is 116 Å². The number of methoxy groups -OCH3 is 9. The number of ether oxygens (including phenoxy) is 10. The summed E-state index contributed by atoms with van der Waals surface area (Å²) in [7, 11) is 15.0. The SMILES string of the molecule is COc1cc2c(OC)cc1Cc1cc(OC)c(cc1OC)Cc1cc(OC)c(cc1OC)Cc1cc(OC)c(cc1OCCCCO)Cc1cc(OC)c(cc1OC)C2. The van der Waals surface area contributed by atoms with Crippen LogP contribution in [0.1, 0.15) is 68.5 Å². The van der Waals surface area contributed by atoms with E-state index < -0.39 is 0 Å². The Labute approximate surface area is 347 Å². The number of hydrogen-bond donors (Lipinski definition) is 1. The molecule has 314 valence electrons. The number of unbranched alkanes of at least 4 members (excludes halogenated alkanes) is 1. The Kier molecular flexibility index (Phi) is 14.2. The van der Waals surface area contributed by atoms with Gasteiger partial charge in [0.2, 0.25) is 0 Å². The fourth-order valence-corrected chi connectivity index (χ4v) is 7.87. The lowest BCUT2D eigenvalue weighted by molar-refractivity contribution is 0.252. The van der Waals surface area contributed by atoms with Crippen LogP contribution in [-0.4, -0.2) is 82.3 Å². The van der Waals surface area contributed by atoms with Crippen LogP contribution in [0.4, 0.5) is 0 Å². The maximum Gasteiger partial charge on any atom is 0.123 e. The van der Waals surface area contributed by atoms with Crippen LogP contribution < -0.4 is 47.4 Å². The standard InChI is InChI=1S/C48H56O11/c1-50-39-21-31-15-33-23-44(55-6)35(25-43(33)54-5)17-37-28-48(59-13-11-10-12-49)38(27-47(37)58-9)18-36-26-45(56-7)34(24-46(36)57-8)16-32-22-41(52-3)30(20-42(32)53-4)14-29(39)19-40(31)51-2/h19-28,49H,10-18H2,1-9H3. The summed E-state index contributed by atoms with van der Waals surface area (Å²) >= 11 is 0. The summed E-state index contributed by atoms with van der Waals surface area (Å²) in [6.45, 7) is 0.531. The first-order valence-corrected chi connectivity index (χ1v) is 19.6. The van der Waals surface area contributed by atoms with E-state index in [1.165, 1.54) is 0 Å². The van der Waals surface area contributed by atoms with Crippen molar-refractivity contribution in [2.24, 2.45) is 0 Å². The molecule has 15 rings (SSSR count). The van der Waals surface area contributed by atoms with E-state index in [1.54, 1.807) is 64.0 Å². The van der Waals surface area contributed by atoms with Gasteiger partial charge in [0, 0.05) is 94.3 Å². The van der Waals surface area contributed by atoms with Crippen molar-refractivity contribution >= 4 is 0 Å². The van der Waals surface area contributed by atoms with Crippen molar-refractivity contribution in [2.75, 3.05) is 77.2 Å². The third-order valence-corrected chi connectivity index (χ3v) is 10.9. The third kappa shape index (κ3) is 9.36. The summed E-state index contributed by atoms with van der Waals surface area (Å²) in [5.74, 6) is 7.04. The van der Waals surface area contributed by atoms with Crippen LogP contribution in [0.2, 0.25) is 0 Å². The van der Waals surface area contributed by atoms with Gasteiger partial charge in [0.05, 0.1) is 70.6 Å². The van der Waals surface area contributed by atoms with Gasteiger partial charge in [0.25, 0.3) is 0 Å². The second kappa shape index (κ2) is 19.7. The van der Waals surface area contributed by atoms with E-state index in [4.69, 9.17) is 47.4 Å².